The molecule has 60 valence electrons. The molecular weight excluding hydrogens is 222 g/mol. The van der Waals surface area contributed by atoms with Gasteiger partial charge in [0, 0.05) is 16.4 Å². The highest BCUT2D eigenvalue weighted by molar-refractivity contribution is 9.10. The second kappa shape index (κ2) is 4.02. The monoisotopic (exact) mass is 231 g/mol. The van der Waals surface area contributed by atoms with E-state index in [4.69, 9.17) is 0 Å². The Morgan fingerprint density at radius 3 is 2.73 bits per heavy atom. The van der Waals surface area contributed by atoms with Gasteiger partial charge in [-0.1, -0.05) is 33.9 Å². The van der Waals surface area contributed by atoms with Crippen molar-refractivity contribution in [2.75, 3.05) is 11.0 Å². The molecule has 0 saturated carbocycles. The average molecular weight is 232 g/mol. The van der Waals surface area contributed by atoms with E-state index in [0.717, 1.165) is 10.2 Å². The molecule has 1 aromatic carbocycles. The summed E-state index contributed by atoms with van der Waals surface area (Å²) in [6.07, 6.45) is 2.01. The minimum Gasteiger partial charge on any atom is -0.330 e. The molecule has 0 fully saturated rings. The number of anilines is 1. The second-order valence-electron chi connectivity index (χ2n) is 2.27. The topological polar surface area (TPSA) is 12.0 Å². The highest BCUT2D eigenvalue weighted by Crippen LogP contribution is 2.21. The van der Waals surface area contributed by atoms with E-state index in [1.54, 1.807) is 11.9 Å². The van der Waals surface area contributed by atoms with Crippen LogP contribution in [-0.4, -0.2) is 6.26 Å². The molecule has 0 aliphatic rings. The summed E-state index contributed by atoms with van der Waals surface area (Å²) in [6.45, 7) is 2.08. The fourth-order valence-corrected chi connectivity index (χ4v) is 1.52. The van der Waals surface area contributed by atoms with Crippen LogP contribution in [0.4, 0.5) is 5.69 Å². The molecule has 0 bridgehead atoms. The molecule has 1 aromatic rings. The Kier molecular flexibility index (Phi) is 3.27. The summed E-state index contributed by atoms with van der Waals surface area (Å²) >= 11 is 5.07. The summed E-state index contributed by atoms with van der Waals surface area (Å²) in [5.74, 6) is 0. The number of hydrogen-bond donors (Lipinski definition) is 1. The van der Waals surface area contributed by atoms with Gasteiger partial charge in [0.25, 0.3) is 0 Å². The van der Waals surface area contributed by atoms with Gasteiger partial charge in [-0.05, 0) is 24.6 Å². The van der Waals surface area contributed by atoms with Crippen molar-refractivity contribution < 1.29 is 0 Å². The SMILES string of the molecule is CSNc1ccc(C)c(Br)c1. The molecule has 1 rings (SSSR count). The number of rotatable bonds is 2. The van der Waals surface area contributed by atoms with Crippen molar-refractivity contribution >= 4 is 33.6 Å². The maximum absolute atomic E-state index is 3.47. The van der Waals surface area contributed by atoms with E-state index < -0.39 is 0 Å². The molecule has 0 aliphatic heterocycles. The zero-order valence-corrected chi connectivity index (χ0v) is 8.92. The van der Waals surface area contributed by atoms with Gasteiger partial charge < -0.3 is 4.72 Å². The maximum Gasteiger partial charge on any atom is 0.0451 e. The second-order valence-corrected chi connectivity index (χ2v) is 3.74. The fraction of sp³-hybridized carbons (Fsp3) is 0.250. The van der Waals surface area contributed by atoms with E-state index in [9.17, 15) is 0 Å². The van der Waals surface area contributed by atoms with Crippen molar-refractivity contribution in [2.45, 2.75) is 6.92 Å². The number of nitrogens with one attached hydrogen (secondary N) is 1. The van der Waals surface area contributed by atoms with Crippen LogP contribution < -0.4 is 4.72 Å². The normalized spacial score (nSPS) is 9.73. The third kappa shape index (κ3) is 2.42. The predicted octanol–water partition coefficient (Wildman–Crippen LogP) is 3.45. The predicted molar refractivity (Wildman–Crippen MR) is 56.0 cm³/mol. The third-order valence-electron chi connectivity index (χ3n) is 1.39. The van der Waals surface area contributed by atoms with Crippen molar-refractivity contribution in [1.29, 1.82) is 0 Å². The van der Waals surface area contributed by atoms with Crippen LogP contribution >= 0.6 is 27.9 Å². The van der Waals surface area contributed by atoms with Crippen LogP contribution in [-0.2, 0) is 0 Å². The number of halogens is 1. The molecule has 0 aromatic heterocycles. The molecule has 1 nitrogen and oxygen atoms in total. The van der Waals surface area contributed by atoms with Gasteiger partial charge in [0.1, 0.15) is 0 Å². The van der Waals surface area contributed by atoms with Crippen LogP contribution in [0.3, 0.4) is 0 Å². The quantitative estimate of drug-likeness (QED) is 0.784. The Bertz CT molecular complexity index is 250. The Morgan fingerprint density at radius 2 is 2.18 bits per heavy atom. The maximum atomic E-state index is 3.47. The largest absolute Gasteiger partial charge is 0.330 e. The van der Waals surface area contributed by atoms with Crippen LogP contribution in [0.15, 0.2) is 22.7 Å². The van der Waals surface area contributed by atoms with Gasteiger partial charge in [0.15, 0.2) is 0 Å². The molecule has 0 aliphatic carbocycles. The van der Waals surface area contributed by atoms with Crippen molar-refractivity contribution in [2.24, 2.45) is 0 Å². The molecule has 0 atom stereocenters. The summed E-state index contributed by atoms with van der Waals surface area (Å²) in [7, 11) is 0. The van der Waals surface area contributed by atoms with Crippen molar-refractivity contribution in [3.8, 4) is 0 Å². The van der Waals surface area contributed by atoms with E-state index in [1.165, 1.54) is 5.56 Å². The lowest BCUT2D eigenvalue weighted by Crippen LogP contribution is -1.84. The molecular formula is C8H10BrNS. The van der Waals surface area contributed by atoms with Crippen LogP contribution in [0.5, 0.6) is 0 Å². The van der Waals surface area contributed by atoms with Gasteiger partial charge in [0.05, 0.1) is 0 Å². The van der Waals surface area contributed by atoms with Crippen molar-refractivity contribution in [3.05, 3.63) is 28.2 Å². The summed E-state index contributed by atoms with van der Waals surface area (Å²) in [4.78, 5) is 0. The van der Waals surface area contributed by atoms with Crippen LogP contribution in [0, 0.1) is 6.92 Å². The zero-order valence-electron chi connectivity index (χ0n) is 6.52. The molecule has 0 heterocycles. The third-order valence-corrected chi connectivity index (χ3v) is 2.69. The first kappa shape index (κ1) is 8.94. The standard InChI is InChI=1S/C8H10BrNS/c1-6-3-4-7(10-11-2)5-8(6)9/h3-5,10H,1-2H3. The lowest BCUT2D eigenvalue weighted by atomic mass is 10.2. The molecule has 0 amide bonds. The van der Waals surface area contributed by atoms with Crippen LogP contribution in [0.1, 0.15) is 5.56 Å². The lowest BCUT2D eigenvalue weighted by molar-refractivity contribution is 1.43. The number of hydrogen-bond acceptors (Lipinski definition) is 2. The van der Waals surface area contributed by atoms with E-state index in [1.807, 2.05) is 6.26 Å². The minimum atomic E-state index is 1.13. The lowest BCUT2D eigenvalue weighted by Gasteiger charge is -2.03. The van der Waals surface area contributed by atoms with Gasteiger partial charge in [-0.25, -0.2) is 0 Å². The van der Waals surface area contributed by atoms with Crippen LogP contribution in [0.2, 0.25) is 0 Å². The first-order valence-corrected chi connectivity index (χ1v) is 5.31. The zero-order chi connectivity index (χ0) is 8.27. The molecule has 0 spiro atoms. The van der Waals surface area contributed by atoms with Crippen LogP contribution in [0.25, 0.3) is 0 Å². The molecule has 0 radical (unpaired) electrons. The first-order chi connectivity index (χ1) is 5.24. The van der Waals surface area contributed by atoms with Gasteiger partial charge in [0.2, 0.25) is 0 Å². The number of benzene rings is 1. The smallest absolute Gasteiger partial charge is 0.0451 e. The number of aryl methyl sites for hydroxylation is 1. The van der Waals surface area contributed by atoms with Gasteiger partial charge in [-0.2, -0.15) is 0 Å². The highest BCUT2D eigenvalue weighted by atomic mass is 79.9. The highest BCUT2D eigenvalue weighted by Gasteiger charge is 1.94. The summed E-state index contributed by atoms with van der Waals surface area (Å²) in [5.41, 5.74) is 2.40. The van der Waals surface area contributed by atoms with Crippen molar-refractivity contribution in [1.82, 2.24) is 0 Å². The van der Waals surface area contributed by atoms with Gasteiger partial charge in [-0.15, -0.1) is 0 Å². The Balaban J connectivity index is 2.86. The summed E-state index contributed by atoms with van der Waals surface area (Å²) in [5, 5.41) is 0. The Morgan fingerprint density at radius 1 is 1.45 bits per heavy atom. The molecule has 11 heavy (non-hydrogen) atoms. The fourth-order valence-electron chi connectivity index (χ4n) is 0.774. The van der Waals surface area contributed by atoms with Crippen molar-refractivity contribution in [3.63, 3.8) is 0 Å². The Hall–Kier alpha value is -0.150. The summed E-state index contributed by atoms with van der Waals surface area (Å²) in [6, 6.07) is 6.23. The van der Waals surface area contributed by atoms with E-state index >= 15 is 0 Å². The molecule has 1 N–H and O–H groups in total. The first-order valence-electron chi connectivity index (χ1n) is 3.29. The van der Waals surface area contributed by atoms with E-state index in [0.29, 0.717) is 0 Å². The molecule has 3 heteroatoms. The summed E-state index contributed by atoms with van der Waals surface area (Å²) < 4.78 is 4.31. The van der Waals surface area contributed by atoms with E-state index in [2.05, 4.69) is 45.8 Å². The minimum absolute atomic E-state index is 1.13. The van der Waals surface area contributed by atoms with Gasteiger partial charge in [-0.3, -0.25) is 0 Å². The molecule has 0 unspecified atom stereocenters. The Labute approximate surface area is 79.8 Å². The molecule has 0 saturated heterocycles. The van der Waals surface area contributed by atoms with Gasteiger partial charge >= 0.3 is 0 Å². The van der Waals surface area contributed by atoms with E-state index in [-0.39, 0.29) is 0 Å². The average Bonchev–Trinajstić information content (AvgIpc) is 1.98.